The molecule has 0 bridgehead atoms. The van der Waals surface area contributed by atoms with E-state index in [4.69, 9.17) is 12.2 Å². The number of benzene rings is 1. The van der Waals surface area contributed by atoms with E-state index in [1.54, 1.807) is 4.52 Å². The second kappa shape index (κ2) is 7.88. The number of carbonyl (C=O) groups excluding carboxylic acids is 1. The molecule has 136 valence electrons. The van der Waals surface area contributed by atoms with E-state index < -0.39 is 0 Å². The Kier molecular flexibility index (Phi) is 5.58. The van der Waals surface area contributed by atoms with Gasteiger partial charge in [-0.1, -0.05) is 36.8 Å². The smallest absolute Gasteiger partial charge is 0.234 e. The first-order valence-corrected chi connectivity index (χ1v) is 9.61. The summed E-state index contributed by atoms with van der Waals surface area (Å²) in [7, 11) is 0. The van der Waals surface area contributed by atoms with Crippen molar-refractivity contribution in [1.29, 1.82) is 0 Å². The zero-order valence-corrected chi connectivity index (χ0v) is 16.5. The Bertz CT molecular complexity index is 961. The van der Waals surface area contributed by atoms with E-state index in [1.165, 1.54) is 11.3 Å². The summed E-state index contributed by atoms with van der Waals surface area (Å²) < 4.78 is 1.73. The second-order valence-corrected chi connectivity index (χ2v) is 7.35. The lowest BCUT2D eigenvalue weighted by molar-refractivity contribution is -0.119. The highest BCUT2D eigenvalue weighted by Crippen LogP contribution is 2.29. The van der Waals surface area contributed by atoms with Gasteiger partial charge in [-0.05, 0) is 44.1 Å². The first-order chi connectivity index (χ1) is 12.5. The summed E-state index contributed by atoms with van der Waals surface area (Å²) in [5.74, 6) is 0.686. The molecule has 0 unspecified atom stereocenters. The van der Waals surface area contributed by atoms with Gasteiger partial charge in [0.2, 0.25) is 10.9 Å². The maximum absolute atomic E-state index is 11.8. The molecule has 26 heavy (non-hydrogen) atoms. The summed E-state index contributed by atoms with van der Waals surface area (Å²) in [5, 5.41) is 19.6. The van der Waals surface area contributed by atoms with Crippen LogP contribution in [0.4, 0.5) is 5.69 Å². The van der Waals surface area contributed by atoms with E-state index in [-0.39, 0.29) is 5.91 Å². The molecule has 0 aliphatic rings. The Balaban J connectivity index is 1.77. The first kappa shape index (κ1) is 18.4. The van der Waals surface area contributed by atoms with Crippen LogP contribution in [0.3, 0.4) is 0 Å². The van der Waals surface area contributed by atoms with Gasteiger partial charge in [0.05, 0.1) is 0 Å². The van der Waals surface area contributed by atoms with Gasteiger partial charge in [0, 0.05) is 17.7 Å². The topological polar surface area (TPSA) is 84.2 Å². The third kappa shape index (κ3) is 4.05. The van der Waals surface area contributed by atoms with Gasteiger partial charge >= 0.3 is 0 Å². The third-order valence-electron chi connectivity index (χ3n) is 3.89. The predicted octanol–water partition coefficient (Wildman–Crippen LogP) is 3.47. The largest absolute Gasteiger partial charge is 0.332 e. The maximum Gasteiger partial charge on any atom is 0.234 e. The number of fused-ring (bicyclic) bond motifs is 1. The number of anilines is 1. The molecule has 0 saturated heterocycles. The summed E-state index contributed by atoms with van der Waals surface area (Å²) in [6.45, 7) is 5.90. The van der Waals surface area contributed by atoms with E-state index in [1.807, 2.05) is 39.0 Å². The van der Waals surface area contributed by atoms with Crippen LogP contribution >= 0.6 is 23.6 Å². The molecule has 2 aromatic heterocycles. The molecular weight excluding hydrogens is 368 g/mol. The maximum atomic E-state index is 11.8. The number of nitrogens with zero attached hydrogens (tertiary/aromatic N) is 4. The Hall–Kier alpha value is -2.39. The van der Waals surface area contributed by atoms with E-state index in [0.717, 1.165) is 45.4 Å². The summed E-state index contributed by atoms with van der Waals surface area (Å²) in [6, 6.07) is 5.97. The van der Waals surface area contributed by atoms with Crippen molar-refractivity contribution in [2.45, 2.75) is 40.0 Å². The highest BCUT2D eigenvalue weighted by Gasteiger charge is 2.12. The molecule has 1 amide bonds. The molecule has 9 heteroatoms. The fourth-order valence-electron chi connectivity index (χ4n) is 2.40. The van der Waals surface area contributed by atoms with E-state index >= 15 is 0 Å². The fourth-order valence-corrected chi connectivity index (χ4v) is 3.51. The number of carbonyl (C=O) groups is 1. The molecule has 1 aromatic carbocycles. The van der Waals surface area contributed by atoms with Crippen LogP contribution in [0.5, 0.6) is 0 Å². The van der Waals surface area contributed by atoms with Gasteiger partial charge in [-0.2, -0.15) is 9.61 Å². The molecule has 2 heterocycles. The summed E-state index contributed by atoms with van der Waals surface area (Å²) >= 11 is 6.73. The number of hydrogen-bond donors (Lipinski definition) is 2. The number of thiocarbonyl (C=S) groups is 1. The number of nitrogens with one attached hydrogen (secondary N) is 2. The van der Waals surface area contributed by atoms with Crippen molar-refractivity contribution >= 4 is 45.2 Å². The van der Waals surface area contributed by atoms with Gasteiger partial charge < -0.3 is 10.6 Å². The van der Waals surface area contributed by atoms with Crippen molar-refractivity contribution in [3.05, 3.63) is 29.6 Å². The van der Waals surface area contributed by atoms with Crippen molar-refractivity contribution < 1.29 is 4.79 Å². The number of unbranched alkanes of at least 4 members (excludes halogenated alkanes) is 1. The van der Waals surface area contributed by atoms with Crippen molar-refractivity contribution in [3.8, 4) is 10.6 Å². The molecule has 0 fully saturated rings. The van der Waals surface area contributed by atoms with Crippen LogP contribution in [0.2, 0.25) is 0 Å². The van der Waals surface area contributed by atoms with Gasteiger partial charge in [0.15, 0.2) is 10.9 Å². The van der Waals surface area contributed by atoms with Gasteiger partial charge in [-0.15, -0.1) is 10.2 Å². The van der Waals surface area contributed by atoms with Crippen molar-refractivity contribution in [2.24, 2.45) is 0 Å². The van der Waals surface area contributed by atoms with Crippen molar-refractivity contribution in [1.82, 2.24) is 25.1 Å². The van der Waals surface area contributed by atoms with Crippen LogP contribution in [0.15, 0.2) is 18.2 Å². The minimum atomic E-state index is -0.0673. The molecule has 0 saturated carbocycles. The second-order valence-electron chi connectivity index (χ2n) is 5.98. The number of aryl methyl sites for hydroxylation is 2. The summed E-state index contributed by atoms with van der Waals surface area (Å²) in [5.41, 5.74) is 2.82. The van der Waals surface area contributed by atoms with Crippen LogP contribution in [0.1, 0.15) is 37.6 Å². The molecular formula is C17H20N6OS2. The summed E-state index contributed by atoms with van der Waals surface area (Å²) in [4.78, 5) is 12.6. The number of amides is 1. The minimum absolute atomic E-state index is 0.0673. The van der Waals surface area contributed by atoms with Crippen molar-refractivity contribution in [2.75, 3.05) is 5.32 Å². The number of hydrogen-bond acceptors (Lipinski definition) is 6. The third-order valence-corrected chi connectivity index (χ3v) is 5.04. The van der Waals surface area contributed by atoms with Gasteiger partial charge in [-0.3, -0.25) is 4.79 Å². The van der Waals surface area contributed by atoms with E-state index in [0.29, 0.717) is 11.5 Å². The molecule has 0 spiro atoms. The first-order valence-electron chi connectivity index (χ1n) is 8.38. The van der Waals surface area contributed by atoms with Crippen LogP contribution in [-0.4, -0.2) is 30.8 Å². The van der Waals surface area contributed by atoms with E-state index in [9.17, 15) is 4.79 Å². The molecule has 2 N–H and O–H groups in total. The summed E-state index contributed by atoms with van der Waals surface area (Å²) in [6.07, 6.45) is 2.30. The standard InChI is InChI=1S/C17H20N6OS2/c1-4-5-6-14(24)19-16(25)18-13-9-12(8-7-10(13)2)15-22-23-11(3)20-21-17(23)26-15/h7-9H,4-6H2,1-3H3,(H2,18,19,24,25). The average Bonchev–Trinajstić information content (AvgIpc) is 3.17. The Morgan fingerprint density at radius 2 is 2.12 bits per heavy atom. The molecule has 0 aliphatic heterocycles. The van der Waals surface area contributed by atoms with Gasteiger partial charge in [0.25, 0.3) is 0 Å². The highest BCUT2D eigenvalue weighted by molar-refractivity contribution is 7.80. The van der Waals surface area contributed by atoms with Crippen LogP contribution < -0.4 is 10.6 Å². The molecule has 0 radical (unpaired) electrons. The Morgan fingerprint density at radius 1 is 1.31 bits per heavy atom. The quantitative estimate of drug-likeness (QED) is 0.651. The molecule has 3 aromatic rings. The molecule has 0 atom stereocenters. The monoisotopic (exact) mass is 388 g/mol. The Labute approximate surface area is 160 Å². The van der Waals surface area contributed by atoms with Crippen molar-refractivity contribution in [3.63, 3.8) is 0 Å². The zero-order chi connectivity index (χ0) is 18.7. The lowest BCUT2D eigenvalue weighted by Crippen LogP contribution is -2.34. The minimum Gasteiger partial charge on any atom is -0.332 e. The molecule has 7 nitrogen and oxygen atoms in total. The van der Waals surface area contributed by atoms with Gasteiger partial charge in [0.1, 0.15) is 5.01 Å². The predicted molar refractivity (Wildman–Crippen MR) is 107 cm³/mol. The van der Waals surface area contributed by atoms with Crippen LogP contribution in [0.25, 0.3) is 15.5 Å². The SMILES string of the molecule is CCCCC(=O)NC(=S)Nc1cc(-c2nn3c(C)nnc3s2)ccc1C. The highest BCUT2D eigenvalue weighted by atomic mass is 32.1. The number of aromatic nitrogens is 4. The fraction of sp³-hybridized carbons (Fsp3) is 0.353. The Morgan fingerprint density at radius 3 is 2.85 bits per heavy atom. The normalized spacial score (nSPS) is 10.9. The van der Waals surface area contributed by atoms with Gasteiger partial charge in [-0.25, -0.2) is 0 Å². The molecule has 0 aliphatic carbocycles. The lowest BCUT2D eigenvalue weighted by atomic mass is 10.1. The van der Waals surface area contributed by atoms with E-state index in [2.05, 4.69) is 25.9 Å². The lowest BCUT2D eigenvalue weighted by Gasteiger charge is -2.12. The van der Waals surface area contributed by atoms with Crippen LogP contribution in [-0.2, 0) is 4.79 Å². The van der Waals surface area contributed by atoms with Crippen LogP contribution in [0, 0.1) is 13.8 Å². The molecule has 3 rings (SSSR count). The zero-order valence-electron chi connectivity index (χ0n) is 14.9. The number of rotatable bonds is 5. The average molecular weight is 389 g/mol.